The molecule has 0 amide bonds. The molecular formula is C10H12N4. The fraction of sp³-hybridized carbons (Fsp3) is 0.100. The second kappa shape index (κ2) is 3.51. The summed E-state index contributed by atoms with van der Waals surface area (Å²) in [5.74, 6) is 0.610. The molecule has 2 aromatic rings. The molecular weight excluding hydrogens is 176 g/mol. The fourth-order valence-corrected chi connectivity index (χ4v) is 1.32. The number of nitrogens with two attached hydrogens (primary N) is 2. The highest BCUT2D eigenvalue weighted by Gasteiger charge is 2.06. The van der Waals surface area contributed by atoms with Gasteiger partial charge in [-0.05, 0) is 12.1 Å². The number of aromatic nitrogens is 2. The topological polar surface area (TPSA) is 69.9 Å². The molecule has 0 atom stereocenters. The molecule has 0 aliphatic rings. The van der Waals surface area contributed by atoms with Gasteiger partial charge in [-0.2, -0.15) is 5.10 Å². The lowest BCUT2D eigenvalue weighted by Gasteiger charge is -2.03. The van der Waals surface area contributed by atoms with Crippen LogP contribution in [-0.2, 0) is 6.54 Å². The lowest BCUT2D eigenvalue weighted by Crippen LogP contribution is -2.04. The highest BCUT2D eigenvalue weighted by molar-refractivity contribution is 5.46. The van der Waals surface area contributed by atoms with Gasteiger partial charge in [-0.1, -0.05) is 18.2 Å². The van der Waals surface area contributed by atoms with E-state index in [1.165, 1.54) is 0 Å². The van der Waals surface area contributed by atoms with Crippen LogP contribution in [-0.4, -0.2) is 9.78 Å². The summed E-state index contributed by atoms with van der Waals surface area (Å²) in [6.45, 7) is 0.415. The molecule has 1 aromatic heterocycles. The molecule has 1 aromatic carbocycles. The molecule has 4 N–H and O–H groups in total. The van der Waals surface area contributed by atoms with Crippen molar-refractivity contribution < 1.29 is 0 Å². The van der Waals surface area contributed by atoms with Crippen LogP contribution in [0.25, 0.3) is 5.69 Å². The van der Waals surface area contributed by atoms with Crippen molar-refractivity contribution in [3.05, 3.63) is 42.1 Å². The van der Waals surface area contributed by atoms with Crippen molar-refractivity contribution in [2.75, 3.05) is 5.73 Å². The maximum Gasteiger partial charge on any atom is 0.131 e. The SMILES string of the molecule is NCc1cnn(-c2ccccc2)c1N. The number of nitrogen functional groups attached to an aromatic ring is 1. The molecule has 1 heterocycles. The normalized spacial score (nSPS) is 10.4. The van der Waals surface area contributed by atoms with Gasteiger partial charge in [0, 0.05) is 12.1 Å². The minimum absolute atomic E-state index is 0.415. The Hall–Kier alpha value is -1.81. The second-order valence-corrected chi connectivity index (χ2v) is 3.01. The Labute approximate surface area is 82.1 Å². The van der Waals surface area contributed by atoms with E-state index in [1.807, 2.05) is 30.3 Å². The summed E-state index contributed by atoms with van der Waals surface area (Å²) in [5.41, 5.74) is 13.2. The minimum atomic E-state index is 0.415. The number of rotatable bonds is 2. The summed E-state index contributed by atoms with van der Waals surface area (Å²) in [7, 11) is 0. The van der Waals surface area contributed by atoms with E-state index < -0.39 is 0 Å². The molecule has 0 aliphatic heterocycles. The van der Waals surface area contributed by atoms with E-state index in [4.69, 9.17) is 11.5 Å². The molecule has 4 nitrogen and oxygen atoms in total. The van der Waals surface area contributed by atoms with E-state index >= 15 is 0 Å². The molecule has 0 spiro atoms. The van der Waals surface area contributed by atoms with Crippen LogP contribution in [0.15, 0.2) is 36.5 Å². The average Bonchev–Trinajstić information content (AvgIpc) is 2.61. The number of benzene rings is 1. The van der Waals surface area contributed by atoms with E-state index in [9.17, 15) is 0 Å². The maximum absolute atomic E-state index is 5.87. The zero-order valence-corrected chi connectivity index (χ0v) is 7.72. The Morgan fingerprint density at radius 3 is 2.50 bits per heavy atom. The summed E-state index contributed by atoms with van der Waals surface area (Å²) in [6, 6.07) is 9.73. The van der Waals surface area contributed by atoms with Gasteiger partial charge in [-0.15, -0.1) is 0 Å². The van der Waals surface area contributed by atoms with Crippen LogP contribution in [0.5, 0.6) is 0 Å². The van der Waals surface area contributed by atoms with Crippen LogP contribution in [0.2, 0.25) is 0 Å². The molecule has 0 unspecified atom stereocenters. The monoisotopic (exact) mass is 188 g/mol. The number of anilines is 1. The Morgan fingerprint density at radius 2 is 1.93 bits per heavy atom. The van der Waals surface area contributed by atoms with Crippen molar-refractivity contribution in [1.29, 1.82) is 0 Å². The Balaban J connectivity index is 2.48. The van der Waals surface area contributed by atoms with Crippen LogP contribution in [0, 0.1) is 0 Å². The number of nitrogens with zero attached hydrogens (tertiary/aromatic N) is 2. The lowest BCUT2D eigenvalue weighted by atomic mass is 10.3. The van der Waals surface area contributed by atoms with E-state index in [0.717, 1.165) is 11.3 Å². The van der Waals surface area contributed by atoms with Crippen molar-refractivity contribution in [3.63, 3.8) is 0 Å². The Kier molecular flexibility index (Phi) is 2.20. The first kappa shape index (κ1) is 8.77. The van der Waals surface area contributed by atoms with Crippen LogP contribution >= 0.6 is 0 Å². The zero-order chi connectivity index (χ0) is 9.97. The molecule has 0 saturated heterocycles. The molecule has 4 heteroatoms. The van der Waals surface area contributed by atoms with Gasteiger partial charge in [0.1, 0.15) is 5.82 Å². The van der Waals surface area contributed by atoms with Crippen molar-refractivity contribution in [3.8, 4) is 5.69 Å². The van der Waals surface area contributed by atoms with Crippen molar-refractivity contribution in [2.45, 2.75) is 6.54 Å². The summed E-state index contributed by atoms with van der Waals surface area (Å²) < 4.78 is 1.68. The van der Waals surface area contributed by atoms with Crippen LogP contribution < -0.4 is 11.5 Å². The van der Waals surface area contributed by atoms with E-state index in [-0.39, 0.29) is 0 Å². The Bertz CT molecular complexity index is 419. The minimum Gasteiger partial charge on any atom is -0.383 e. The predicted octanol–water partition coefficient (Wildman–Crippen LogP) is 0.913. The molecule has 0 radical (unpaired) electrons. The zero-order valence-electron chi connectivity index (χ0n) is 7.72. The summed E-state index contributed by atoms with van der Waals surface area (Å²) >= 11 is 0. The van der Waals surface area contributed by atoms with Gasteiger partial charge in [0.15, 0.2) is 0 Å². The summed E-state index contributed by atoms with van der Waals surface area (Å²) in [6.07, 6.45) is 1.70. The quantitative estimate of drug-likeness (QED) is 0.736. The highest BCUT2D eigenvalue weighted by Crippen LogP contribution is 2.15. The van der Waals surface area contributed by atoms with Crippen molar-refractivity contribution >= 4 is 5.82 Å². The van der Waals surface area contributed by atoms with E-state index in [2.05, 4.69) is 5.10 Å². The molecule has 14 heavy (non-hydrogen) atoms. The third-order valence-corrected chi connectivity index (χ3v) is 2.11. The van der Waals surface area contributed by atoms with E-state index in [1.54, 1.807) is 10.9 Å². The van der Waals surface area contributed by atoms with Gasteiger partial charge in [-0.3, -0.25) is 0 Å². The van der Waals surface area contributed by atoms with Gasteiger partial charge in [-0.25, -0.2) is 4.68 Å². The lowest BCUT2D eigenvalue weighted by molar-refractivity contribution is 0.891. The summed E-state index contributed by atoms with van der Waals surface area (Å²) in [4.78, 5) is 0. The molecule has 0 aliphatic carbocycles. The number of para-hydroxylation sites is 1. The predicted molar refractivity (Wildman–Crippen MR) is 55.9 cm³/mol. The smallest absolute Gasteiger partial charge is 0.131 e. The Morgan fingerprint density at radius 1 is 1.21 bits per heavy atom. The van der Waals surface area contributed by atoms with Crippen LogP contribution in [0.3, 0.4) is 0 Å². The largest absolute Gasteiger partial charge is 0.383 e. The first-order valence-electron chi connectivity index (χ1n) is 4.41. The maximum atomic E-state index is 5.87. The summed E-state index contributed by atoms with van der Waals surface area (Å²) in [5, 5.41) is 4.17. The molecule has 0 fully saturated rings. The third-order valence-electron chi connectivity index (χ3n) is 2.11. The van der Waals surface area contributed by atoms with Gasteiger partial charge in [0.05, 0.1) is 11.9 Å². The van der Waals surface area contributed by atoms with Gasteiger partial charge in [0.2, 0.25) is 0 Å². The standard InChI is InChI=1S/C10H12N4/c11-6-8-7-13-14(10(8)12)9-4-2-1-3-5-9/h1-5,7H,6,11-12H2. The van der Waals surface area contributed by atoms with Gasteiger partial charge < -0.3 is 11.5 Å². The van der Waals surface area contributed by atoms with Gasteiger partial charge >= 0.3 is 0 Å². The van der Waals surface area contributed by atoms with Gasteiger partial charge in [0.25, 0.3) is 0 Å². The molecule has 72 valence electrons. The molecule has 0 saturated carbocycles. The number of hydrogen-bond acceptors (Lipinski definition) is 3. The average molecular weight is 188 g/mol. The van der Waals surface area contributed by atoms with Crippen LogP contribution in [0.4, 0.5) is 5.82 Å². The number of hydrogen-bond donors (Lipinski definition) is 2. The third kappa shape index (κ3) is 1.36. The van der Waals surface area contributed by atoms with Crippen molar-refractivity contribution in [2.24, 2.45) is 5.73 Å². The fourth-order valence-electron chi connectivity index (χ4n) is 1.32. The first-order chi connectivity index (χ1) is 6.83. The molecule has 2 rings (SSSR count). The second-order valence-electron chi connectivity index (χ2n) is 3.01. The highest BCUT2D eigenvalue weighted by atomic mass is 15.3. The first-order valence-corrected chi connectivity index (χ1v) is 4.41. The van der Waals surface area contributed by atoms with Crippen molar-refractivity contribution in [1.82, 2.24) is 9.78 Å². The van der Waals surface area contributed by atoms with Crippen LogP contribution in [0.1, 0.15) is 5.56 Å². The molecule has 0 bridgehead atoms. The van der Waals surface area contributed by atoms with E-state index in [0.29, 0.717) is 12.4 Å².